The van der Waals surface area contributed by atoms with Crippen LogP contribution in [0.2, 0.25) is 0 Å². The van der Waals surface area contributed by atoms with Gasteiger partial charge in [0.15, 0.2) is 0 Å². The van der Waals surface area contributed by atoms with Crippen LogP contribution in [0.25, 0.3) is 10.1 Å². The fourth-order valence-corrected chi connectivity index (χ4v) is 3.75. The Morgan fingerprint density at radius 2 is 2.11 bits per heavy atom. The van der Waals surface area contributed by atoms with E-state index in [0.717, 1.165) is 16.5 Å². The first-order valence-corrected chi connectivity index (χ1v) is 6.77. The van der Waals surface area contributed by atoms with E-state index in [9.17, 15) is 9.59 Å². The number of nitrogens with zero attached hydrogens (tertiary/aromatic N) is 1. The third-order valence-corrected chi connectivity index (χ3v) is 4.81. The van der Waals surface area contributed by atoms with Crippen molar-refractivity contribution in [1.82, 2.24) is 3.96 Å². The minimum atomic E-state index is -0.744. The molecular weight excluding hydrogens is 250 g/mol. The van der Waals surface area contributed by atoms with Gasteiger partial charge in [-0.25, -0.2) is 0 Å². The van der Waals surface area contributed by atoms with Crippen molar-refractivity contribution in [3.8, 4) is 0 Å². The van der Waals surface area contributed by atoms with Gasteiger partial charge in [0.05, 0.1) is 16.0 Å². The van der Waals surface area contributed by atoms with Gasteiger partial charge in [-0.05, 0) is 31.4 Å². The average Bonchev–Trinajstić information content (AvgIpc) is 2.95. The number of carbonyl (C=O) groups is 1. The number of carboxylic acids is 1. The number of aliphatic carboxylic acids is 1. The topological polar surface area (TPSA) is 59.3 Å². The molecule has 94 valence electrons. The first kappa shape index (κ1) is 11.5. The highest BCUT2D eigenvalue weighted by Crippen LogP contribution is 2.36. The molecule has 0 unspecified atom stereocenters. The van der Waals surface area contributed by atoms with Crippen LogP contribution < -0.4 is 5.56 Å². The smallest absolute Gasteiger partial charge is 0.306 e. The van der Waals surface area contributed by atoms with Crippen molar-refractivity contribution < 1.29 is 9.90 Å². The average molecular weight is 263 g/mol. The van der Waals surface area contributed by atoms with Crippen LogP contribution in [-0.2, 0) is 4.79 Å². The quantitative estimate of drug-likeness (QED) is 0.905. The molecule has 4 nitrogen and oxygen atoms in total. The van der Waals surface area contributed by atoms with Crippen molar-refractivity contribution in [2.24, 2.45) is 5.92 Å². The van der Waals surface area contributed by atoms with Crippen LogP contribution >= 0.6 is 11.5 Å². The van der Waals surface area contributed by atoms with Crippen LogP contribution in [0.5, 0.6) is 0 Å². The Morgan fingerprint density at radius 3 is 2.78 bits per heavy atom. The summed E-state index contributed by atoms with van der Waals surface area (Å²) in [4.78, 5) is 23.2. The second kappa shape index (κ2) is 4.24. The van der Waals surface area contributed by atoms with Crippen LogP contribution in [0.1, 0.15) is 25.3 Å². The molecule has 0 spiro atoms. The van der Waals surface area contributed by atoms with E-state index in [1.807, 2.05) is 24.3 Å². The molecule has 0 aliphatic heterocycles. The zero-order chi connectivity index (χ0) is 12.7. The molecule has 3 rings (SSSR count). The summed E-state index contributed by atoms with van der Waals surface area (Å²) in [5, 5.41) is 9.74. The number of benzene rings is 1. The molecule has 0 bridgehead atoms. The normalized spacial score (nSPS) is 23.6. The third kappa shape index (κ3) is 1.75. The van der Waals surface area contributed by atoms with Crippen molar-refractivity contribution in [1.29, 1.82) is 0 Å². The summed E-state index contributed by atoms with van der Waals surface area (Å²) in [6.07, 6.45) is 2.02. The summed E-state index contributed by atoms with van der Waals surface area (Å²) >= 11 is 1.45. The number of rotatable bonds is 2. The molecule has 0 amide bonds. The number of aromatic nitrogens is 1. The molecule has 1 aliphatic carbocycles. The Bertz CT molecular complexity index is 658. The lowest BCUT2D eigenvalue weighted by atomic mass is 10.1. The molecule has 1 fully saturated rings. The predicted octanol–water partition coefficient (Wildman–Crippen LogP) is 2.49. The second-order valence-corrected chi connectivity index (χ2v) is 5.74. The van der Waals surface area contributed by atoms with Crippen LogP contribution in [0.3, 0.4) is 0 Å². The summed E-state index contributed by atoms with van der Waals surface area (Å²) in [5.41, 5.74) is 0.0200. The van der Waals surface area contributed by atoms with Gasteiger partial charge >= 0.3 is 5.97 Å². The first-order chi connectivity index (χ1) is 8.66. The lowest BCUT2D eigenvalue weighted by molar-refractivity contribution is -0.141. The molecule has 1 aromatic heterocycles. The molecule has 0 saturated heterocycles. The van der Waals surface area contributed by atoms with Crippen LogP contribution in [-0.4, -0.2) is 15.0 Å². The highest BCUT2D eigenvalue weighted by atomic mass is 32.1. The van der Waals surface area contributed by atoms with Gasteiger partial charge in [0.1, 0.15) is 0 Å². The molecule has 5 heteroatoms. The molecule has 1 saturated carbocycles. The third-order valence-electron chi connectivity index (χ3n) is 3.60. The highest BCUT2D eigenvalue weighted by molar-refractivity contribution is 7.13. The summed E-state index contributed by atoms with van der Waals surface area (Å²) in [5.74, 6) is -1.04. The molecule has 2 atom stereocenters. The van der Waals surface area contributed by atoms with Crippen molar-refractivity contribution in [3.05, 3.63) is 34.6 Å². The number of hydrogen-bond acceptors (Lipinski definition) is 3. The number of fused-ring (bicyclic) bond motifs is 1. The summed E-state index contributed by atoms with van der Waals surface area (Å²) in [6, 6.07) is 7.58. The molecule has 1 aromatic carbocycles. The Balaban J connectivity index is 1.99. The highest BCUT2D eigenvalue weighted by Gasteiger charge is 2.32. The van der Waals surface area contributed by atoms with E-state index in [1.165, 1.54) is 11.5 Å². The Morgan fingerprint density at radius 1 is 1.33 bits per heavy atom. The molecule has 0 radical (unpaired) electrons. The van der Waals surface area contributed by atoms with Crippen LogP contribution in [0.4, 0.5) is 0 Å². The summed E-state index contributed by atoms with van der Waals surface area (Å²) in [6.45, 7) is 0. The molecule has 2 aromatic rings. The lowest BCUT2D eigenvalue weighted by Gasteiger charge is -2.08. The van der Waals surface area contributed by atoms with Gasteiger partial charge in [0, 0.05) is 6.04 Å². The monoisotopic (exact) mass is 263 g/mol. The minimum Gasteiger partial charge on any atom is -0.481 e. The van der Waals surface area contributed by atoms with E-state index in [4.69, 9.17) is 5.11 Å². The minimum absolute atomic E-state index is 0.0200. The van der Waals surface area contributed by atoms with E-state index in [0.29, 0.717) is 12.8 Å². The summed E-state index contributed by atoms with van der Waals surface area (Å²) < 4.78 is 2.73. The fourth-order valence-electron chi connectivity index (χ4n) is 2.62. The number of carboxylic acid groups (broad SMARTS) is 1. The predicted molar refractivity (Wildman–Crippen MR) is 70.1 cm³/mol. The second-order valence-electron chi connectivity index (χ2n) is 4.72. The SMILES string of the molecule is O=C(O)[C@@H]1CC[C@H](n2sc3ccccc3c2=O)C1. The largest absolute Gasteiger partial charge is 0.481 e. The number of hydrogen-bond donors (Lipinski definition) is 1. The Hall–Kier alpha value is -1.62. The van der Waals surface area contributed by atoms with Crippen LogP contribution in [0, 0.1) is 5.92 Å². The van der Waals surface area contributed by atoms with Gasteiger partial charge in [-0.1, -0.05) is 23.7 Å². The molecule has 1 heterocycles. The van der Waals surface area contributed by atoms with Gasteiger partial charge < -0.3 is 5.11 Å². The van der Waals surface area contributed by atoms with E-state index in [2.05, 4.69) is 0 Å². The standard InChI is InChI=1S/C13H13NO3S/c15-12-10-3-1-2-4-11(10)18-14(12)9-6-5-8(7-9)13(16)17/h1-4,8-9H,5-7H2,(H,16,17)/t8-,9+/m1/s1. The van der Waals surface area contributed by atoms with Gasteiger partial charge in [0.25, 0.3) is 5.56 Å². The molecular formula is C13H13NO3S. The molecule has 1 aliphatic rings. The van der Waals surface area contributed by atoms with E-state index >= 15 is 0 Å². The van der Waals surface area contributed by atoms with Gasteiger partial charge in [0.2, 0.25) is 0 Å². The summed E-state index contributed by atoms with van der Waals surface area (Å²) in [7, 11) is 0. The molecule has 1 N–H and O–H groups in total. The van der Waals surface area contributed by atoms with Crippen molar-refractivity contribution >= 4 is 27.6 Å². The van der Waals surface area contributed by atoms with E-state index in [-0.39, 0.29) is 17.5 Å². The molecule has 18 heavy (non-hydrogen) atoms. The maximum Gasteiger partial charge on any atom is 0.306 e. The van der Waals surface area contributed by atoms with Crippen molar-refractivity contribution in [2.75, 3.05) is 0 Å². The van der Waals surface area contributed by atoms with E-state index < -0.39 is 5.97 Å². The van der Waals surface area contributed by atoms with Gasteiger partial charge in [-0.15, -0.1) is 0 Å². The van der Waals surface area contributed by atoms with Gasteiger partial charge in [-0.3, -0.25) is 13.5 Å². The zero-order valence-corrected chi connectivity index (χ0v) is 10.5. The first-order valence-electron chi connectivity index (χ1n) is 6.00. The van der Waals surface area contributed by atoms with Crippen LogP contribution in [0.15, 0.2) is 29.1 Å². The Kier molecular flexibility index (Phi) is 2.70. The Labute approximate surface area is 108 Å². The van der Waals surface area contributed by atoms with Gasteiger partial charge in [-0.2, -0.15) is 0 Å². The van der Waals surface area contributed by atoms with Crippen molar-refractivity contribution in [2.45, 2.75) is 25.3 Å². The maximum absolute atomic E-state index is 12.2. The fraction of sp³-hybridized carbons (Fsp3) is 0.385. The maximum atomic E-state index is 12.2. The lowest BCUT2D eigenvalue weighted by Crippen LogP contribution is -2.18. The van der Waals surface area contributed by atoms with E-state index in [1.54, 1.807) is 3.96 Å². The van der Waals surface area contributed by atoms with Crippen molar-refractivity contribution in [3.63, 3.8) is 0 Å². The zero-order valence-electron chi connectivity index (χ0n) is 9.70.